The van der Waals surface area contributed by atoms with E-state index in [1.165, 1.54) is 6.92 Å². The zero-order valence-corrected chi connectivity index (χ0v) is 55.8. The molecule has 2 aromatic carbocycles. The first-order valence-electron chi connectivity index (χ1n) is 32.2. The highest BCUT2D eigenvalue weighted by Gasteiger charge is 2.39. The molecule has 2 aromatic rings. The Balaban J connectivity index is 2.59. The van der Waals surface area contributed by atoms with Gasteiger partial charge in [-0.05, 0) is 64.6 Å². The molecule has 1 atom stereocenters. The summed E-state index contributed by atoms with van der Waals surface area (Å²) in [6.07, 6.45) is -1.48. The molecule has 32 nitrogen and oxygen atoms in total. The molecule has 0 heterocycles. The Bertz CT molecular complexity index is 1970. The highest BCUT2D eigenvalue weighted by Crippen LogP contribution is 2.27. The van der Waals surface area contributed by atoms with Gasteiger partial charge in [0, 0.05) is 0 Å². The summed E-state index contributed by atoms with van der Waals surface area (Å²) in [6, 6.07) is 6.17. The van der Waals surface area contributed by atoms with Crippen molar-refractivity contribution in [3.63, 3.8) is 0 Å². The summed E-state index contributed by atoms with van der Waals surface area (Å²) in [5.41, 5.74) is 1.28. The topological polar surface area (TPSA) is 407 Å². The van der Waals surface area contributed by atoms with Gasteiger partial charge in [-0.25, -0.2) is 9.59 Å². The largest absolute Gasteiger partial charge is 0.462 e. The third-order valence-corrected chi connectivity index (χ3v) is 12.9. The summed E-state index contributed by atoms with van der Waals surface area (Å²) in [6.45, 7) is 3.61. The summed E-state index contributed by atoms with van der Waals surface area (Å²) in [4.78, 5) is 43.0. The van der Waals surface area contributed by atoms with Gasteiger partial charge in [0.05, 0.1) is 295 Å². The minimum atomic E-state index is -1.95. The van der Waals surface area contributed by atoms with Gasteiger partial charge in [-0.2, -0.15) is 0 Å². The average Bonchev–Trinajstić information content (AvgIpc) is 0.850. The van der Waals surface area contributed by atoms with E-state index in [0.29, 0.717) is 33.4 Å². The van der Waals surface area contributed by atoms with Crippen LogP contribution in [0.5, 0.6) is 0 Å². The fourth-order valence-corrected chi connectivity index (χ4v) is 7.99. The smallest absolute Gasteiger partial charge is 0.338 e. The molecule has 0 aromatic heterocycles. The number of esters is 3. The molecular weight excluding hydrogens is 1280 g/mol. The van der Waals surface area contributed by atoms with Crippen LogP contribution in [0, 0.1) is 5.41 Å². The lowest BCUT2D eigenvalue weighted by molar-refractivity contribution is -0.163. The zero-order valence-electron chi connectivity index (χ0n) is 55.8. The van der Waals surface area contributed by atoms with Gasteiger partial charge < -0.3 is 140 Å². The van der Waals surface area contributed by atoms with E-state index in [-0.39, 0.29) is 289 Å². The molecule has 0 amide bonds. The summed E-state index contributed by atoms with van der Waals surface area (Å²) < 4.78 is 119. The summed E-state index contributed by atoms with van der Waals surface area (Å²) in [5.74, 6) is -2.91. The molecular formula is C64H108O32. The SMILES string of the molecule is CC(COC(=O)c1cc(COCCOCCOCCO)c(COCCOCCOCCO)c(COCCOCCOCCO)c1)(COC(=O)c1cc(COCCOCCOCCO)c(COCCOCCOCCO)c(COCCOCCOCCO)c1)C(=O)OCC(O)CO. The molecule has 0 fully saturated rings. The van der Waals surface area contributed by atoms with Gasteiger partial charge in [-0.1, -0.05) is 0 Å². The lowest BCUT2D eigenvalue weighted by Gasteiger charge is -2.27. The van der Waals surface area contributed by atoms with Crippen LogP contribution in [0.2, 0.25) is 0 Å². The molecule has 556 valence electrons. The van der Waals surface area contributed by atoms with Crippen molar-refractivity contribution in [3.05, 3.63) is 68.8 Å². The van der Waals surface area contributed by atoms with E-state index < -0.39 is 55.9 Å². The highest BCUT2D eigenvalue weighted by molar-refractivity contribution is 5.91. The van der Waals surface area contributed by atoms with Gasteiger partial charge in [-0.15, -0.1) is 0 Å². The van der Waals surface area contributed by atoms with Gasteiger partial charge in [0.1, 0.15) is 31.3 Å². The minimum Gasteiger partial charge on any atom is -0.462 e. The van der Waals surface area contributed by atoms with E-state index in [2.05, 4.69) is 0 Å². The molecule has 1 unspecified atom stereocenters. The molecule has 0 spiro atoms. The monoisotopic (exact) mass is 1390 g/mol. The summed E-state index contributed by atoms with van der Waals surface area (Å²) in [5, 5.41) is 73.9. The van der Waals surface area contributed by atoms with Crippen molar-refractivity contribution in [3.8, 4) is 0 Å². The number of benzene rings is 2. The Hall–Kier alpha value is -4.19. The van der Waals surface area contributed by atoms with Crippen LogP contribution in [-0.2, 0) is 144 Å². The third kappa shape index (κ3) is 44.0. The maximum atomic E-state index is 14.5. The van der Waals surface area contributed by atoms with Gasteiger partial charge >= 0.3 is 17.9 Å². The van der Waals surface area contributed by atoms with E-state index in [9.17, 15) is 24.6 Å². The second kappa shape index (κ2) is 61.9. The fraction of sp³-hybridized carbons (Fsp3) is 0.766. The van der Waals surface area contributed by atoms with Gasteiger partial charge in [0.25, 0.3) is 0 Å². The maximum Gasteiger partial charge on any atom is 0.338 e. The van der Waals surface area contributed by atoms with Crippen molar-refractivity contribution < 1.29 is 155 Å². The second-order valence-corrected chi connectivity index (χ2v) is 20.7. The Morgan fingerprint density at radius 3 is 0.740 bits per heavy atom. The van der Waals surface area contributed by atoms with Crippen LogP contribution in [-0.4, -0.2) is 329 Å². The van der Waals surface area contributed by atoms with E-state index >= 15 is 0 Å². The molecule has 96 heavy (non-hydrogen) atoms. The summed E-state index contributed by atoms with van der Waals surface area (Å²) >= 11 is 0. The van der Waals surface area contributed by atoms with Crippen molar-refractivity contribution in [2.24, 2.45) is 5.41 Å². The zero-order chi connectivity index (χ0) is 69.6. The van der Waals surface area contributed by atoms with Crippen LogP contribution < -0.4 is 0 Å². The molecule has 2 rings (SSSR count). The van der Waals surface area contributed by atoms with Crippen LogP contribution in [0.4, 0.5) is 0 Å². The number of ether oxygens (including phenoxy) is 21. The first-order valence-corrected chi connectivity index (χ1v) is 32.2. The van der Waals surface area contributed by atoms with Crippen molar-refractivity contribution >= 4 is 17.9 Å². The minimum absolute atomic E-state index is 0.00216. The number of hydrogen-bond donors (Lipinski definition) is 8. The van der Waals surface area contributed by atoms with Crippen LogP contribution in [0.1, 0.15) is 61.0 Å². The molecule has 0 aliphatic heterocycles. The predicted octanol–water partition coefficient (Wildman–Crippen LogP) is -1.14. The average molecular weight is 1390 g/mol. The van der Waals surface area contributed by atoms with Crippen molar-refractivity contribution in [1.82, 2.24) is 0 Å². The lowest BCUT2D eigenvalue weighted by Crippen LogP contribution is -2.41. The Kier molecular flexibility index (Phi) is 56.6. The predicted molar refractivity (Wildman–Crippen MR) is 336 cm³/mol. The highest BCUT2D eigenvalue weighted by atomic mass is 16.6. The number of hydrogen-bond acceptors (Lipinski definition) is 32. The number of aliphatic hydroxyl groups is 8. The molecule has 0 saturated carbocycles. The Labute approximate surface area is 562 Å². The van der Waals surface area contributed by atoms with Crippen LogP contribution in [0.15, 0.2) is 24.3 Å². The van der Waals surface area contributed by atoms with Gasteiger partial charge in [-0.3, -0.25) is 4.79 Å². The van der Waals surface area contributed by atoms with E-state index in [4.69, 9.17) is 130 Å². The number of carbonyl (C=O) groups excluding carboxylic acids is 3. The van der Waals surface area contributed by atoms with Crippen molar-refractivity contribution in [1.29, 1.82) is 0 Å². The number of carbonyl (C=O) groups is 3. The van der Waals surface area contributed by atoms with Crippen LogP contribution in [0.3, 0.4) is 0 Å². The number of aliphatic hydroxyl groups excluding tert-OH is 8. The molecule has 32 heteroatoms. The quantitative estimate of drug-likeness (QED) is 0.0220. The standard InChI is InChI=1S/C64H108O32/c1-64(63(75)94-47-58(72)42-71,50-95-61(73)52-38-54(43-88-32-26-82-20-14-76-8-2-65)59(48-92-36-30-86-24-18-80-12-6-69)55(39-52)44-89-33-27-83-21-15-77-9-3-66)51-96-62(74)53-40-56(45-90-34-28-84-22-16-78-10-4-67)60(49-93-37-31-87-25-19-81-13-7-70)57(41-53)46-91-35-29-85-23-17-79-11-5-68/h38-41,58,65-72H,2-37,42-51H2,1H3. The van der Waals surface area contributed by atoms with Crippen molar-refractivity contribution in [2.45, 2.75) is 52.7 Å². The first-order chi connectivity index (χ1) is 47.0. The molecule has 0 aliphatic carbocycles. The molecule has 0 bridgehead atoms. The first kappa shape index (κ1) is 87.9. The number of rotatable bonds is 70. The Morgan fingerprint density at radius 1 is 0.312 bits per heavy atom. The molecule has 0 saturated heterocycles. The third-order valence-electron chi connectivity index (χ3n) is 12.9. The van der Waals surface area contributed by atoms with E-state index in [0.717, 1.165) is 0 Å². The maximum absolute atomic E-state index is 14.5. The van der Waals surface area contributed by atoms with Gasteiger partial charge in [0.15, 0.2) is 0 Å². The van der Waals surface area contributed by atoms with E-state index in [1.54, 1.807) is 24.3 Å². The van der Waals surface area contributed by atoms with E-state index in [1.807, 2.05) is 0 Å². The summed E-state index contributed by atoms with van der Waals surface area (Å²) in [7, 11) is 0. The van der Waals surface area contributed by atoms with Crippen molar-refractivity contribution in [2.75, 3.05) is 264 Å². The molecule has 8 N–H and O–H groups in total. The van der Waals surface area contributed by atoms with Crippen LogP contribution >= 0.6 is 0 Å². The van der Waals surface area contributed by atoms with Crippen LogP contribution in [0.25, 0.3) is 0 Å². The van der Waals surface area contributed by atoms with Gasteiger partial charge in [0.2, 0.25) is 0 Å². The molecule has 0 aliphatic rings. The second-order valence-electron chi connectivity index (χ2n) is 20.7. The lowest BCUT2D eigenvalue weighted by atomic mass is 9.92. The Morgan fingerprint density at radius 2 is 0.521 bits per heavy atom. The normalized spacial score (nSPS) is 12.1. The fourth-order valence-electron chi connectivity index (χ4n) is 7.99. The molecule has 0 radical (unpaired) electrons.